The minimum absolute atomic E-state index is 0.0115. The van der Waals surface area contributed by atoms with E-state index < -0.39 is 0 Å². The lowest BCUT2D eigenvalue weighted by Crippen LogP contribution is -2.63. The Morgan fingerprint density at radius 3 is 2.74 bits per heavy atom. The van der Waals surface area contributed by atoms with Gasteiger partial charge in [0.25, 0.3) is 0 Å². The molecule has 4 unspecified atom stereocenters. The van der Waals surface area contributed by atoms with Crippen LogP contribution in [-0.4, -0.2) is 51.0 Å². The summed E-state index contributed by atoms with van der Waals surface area (Å²) in [7, 11) is 1.73. The summed E-state index contributed by atoms with van der Waals surface area (Å²) in [6.07, 6.45) is 1.14. The van der Waals surface area contributed by atoms with E-state index in [1.165, 1.54) is 0 Å². The van der Waals surface area contributed by atoms with Crippen molar-refractivity contribution in [1.82, 2.24) is 10.6 Å². The van der Waals surface area contributed by atoms with Crippen molar-refractivity contribution in [3.8, 4) is 0 Å². The SMILES string of the molecule is CCNC1COCC1C(=O)NC1CC(OC)C1(C)C. The van der Waals surface area contributed by atoms with E-state index in [4.69, 9.17) is 9.47 Å². The lowest BCUT2D eigenvalue weighted by molar-refractivity contribution is -0.136. The van der Waals surface area contributed by atoms with Gasteiger partial charge in [-0.3, -0.25) is 4.79 Å². The number of nitrogens with one attached hydrogen (secondary N) is 2. The van der Waals surface area contributed by atoms with Crippen molar-refractivity contribution < 1.29 is 14.3 Å². The molecular formula is C14H26N2O3. The van der Waals surface area contributed by atoms with Crippen LogP contribution in [0.15, 0.2) is 0 Å². The van der Waals surface area contributed by atoms with Crippen LogP contribution in [0.1, 0.15) is 27.2 Å². The van der Waals surface area contributed by atoms with E-state index in [0.29, 0.717) is 13.2 Å². The summed E-state index contributed by atoms with van der Waals surface area (Å²) < 4.78 is 10.8. The Kier molecular flexibility index (Phi) is 4.48. The van der Waals surface area contributed by atoms with Gasteiger partial charge in [-0.2, -0.15) is 0 Å². The lowest BCUT2D eigenvalue weighted by Gasteiger charge is -2.51. The van der Waals surface area contributed by atoms with Gasteiger partial charge in [0.05, 0.1) is 25.2 Å². The molecule has 0 aromatic carbocycles. The molecule has 0 aromatic rings. The lowest BCUT2D eigenvalue weighted by atomic mass is 9.64. The number of methoxy groups -OCH3 is 1. The molecule has 1 aliphatic carbocycles. The highest BCUT2D eigenvalue weighted by molar-refractivity contribution is 5.80. The molecule has 5 nitrogen and oxygen atoms in total. The van der Waals surface area contributed by atoms with Crippen molar-refractivity contribution in [3.63, 3.8) is 0 Å². The minimum Gasteiger partial charge on any atom is -0.381 e. The van der Waals surface area contributed by atoms with Crippen LogP contribution in [0, 0.1) is 11.3 Å². The van der Waals surface area contributed by atoms with Crippen LogP contribution in [0.5, 0.6) is 0 Å². The molecule has 1 heterocycles. The van der Waals surface area contributed by atoms with Crippen molar-refractivity contribution in [2.24, 2.45) is 11.3 Å². The number of likely N-dealkylation sites (N-methyl/N-ethyl adjacent to an activating group) is 1. The van der Waals surface area contributed by atoms with Crippen LogP contribution in [0.2, 0.25) is 0 Å². The van der Waals surface area contributed by atoms with Crippen LogP contribution >= 0.6 is 0 Å². The first-order chi connectivity index (χ1) is 9.00. The topological polar surface area (TPSA) is 59.6 Å². The van der Waals surface area contributed by atoms with E-state index in [9.17, 15) is 4.79 Å². The first-order valence-electron chi connectivity index (χ1n) is 7.15. The summed E-state index contributed by atoms with van der Waals surface area (Å²) in [5.41, 5.74) is 0.0115. The van der Waals surface area contributed by atoms with Gasteiger partial charge < -0.3 is 20.1 Å². The smallest absolute Gasteiger partial charge is 0.227 e. The van der Waals surface area contributed by atoms with Crippen molar-refractivity contribution in [2.45, 2.75) is 45.4 Å². The van der Waals surface area contributed by atoms with Gasteiger partial charge in [-0.05, 0) is 13.0 Å². The van der Waals surface area contributed by atoms with Gasteiger partial charge in [-0.1, -0.05) is 20.8 Å². The highest BCUT2D eigenvalue weighted by Crippen LogP contribution is 2.42. The minimum atomic E-state index is -0.0719. The maximum Gasteiger partial charge on any atom is 0.227 e. The van der Waals surface area contributed by atoms with Gasteiger partial charge in [0.1, 0.15) is 0 Å². The van der Waals surface area contributed by atoms with Gasteiger partial charge >= 0.3 is 0 Å². The number of hydrogen-bond donors (Lipinski definition) is 2. The van der Waals surface area contributed by atoms with Crippen molar-refractivity contribution in [3.05, 3.63) is 0 Å². The normalized spacial score (nSPS) is 36.8. The second-order valence-electron chi connectivity index (χ2n) is 6.15. The molecule has 0 radical (unpaired) electrons. The molecule has 2 N–H and O–H groups in total. The summed E-state index contributed by atoms with van der Waals surface area (Å²) in [5, 5.41) is 6.48. The fourth-order valence-corrected chi connectivity index (χ4v) is 3.09. The molecule has 2 aliphatic rings. The van der Waals surface area contributed by atoms with Crippen LogP contribution in [0.25, 0.3) is 0 Å². The van der Waals surface area contributed by atoms with E-state index in [2.05, 4.69) is 24.5 Å². The Bertz CT molecular complexity index is 333. The maximum absolute atomic E-state index is 12.3. The van der Waals surface area contributed by atoms with Gasteiger partial charge in [-0.15, -0.1) is 0 Å². The Morgan fingerprint density at radius 2 is 2.16 bits per heavy atom. The van der Waals surface area contributed by atoms with Crippen molar-refractivity contribution >= 4 is 5.91 Å². The average molecular weight is 270 g/mol. The molecule has 0 aromatic heterocycles. The van der Waals surface area contributed by atoms with Gasteiger partial charge in [0.15, 0.2) is 0 Å². The third-order valence-corrected chi connectivity index (χ3v) is 4.66. The molecule has 1 saturated heterocycles. The number of rotatable bonds is 5. The number of hydrogen-bond acceptors (Lipinski definition) is 4. The van der Waals surface area contributed by atoms with Crippen LogP contribution in [0.3, 0.4) is 0 Å². The summed E-state index contributed by atoms with van der Waals surface area (Å²) in [5.74, 6) is 0.0356. The van der Waals surface area contributed by atoms with Crippen molar-refractivity contribution in [1.29, 1.82) is 0 Å². The number of ether oxygens (including phenoxy) is 2. The van der Waals surface area contributed by atoms with E-state index in [1.807, 2.05) is 6.92 Å². The van der Waals surface area contributed by atoms with Gasteiger partial charge in [-0.25, -0.2) is 0 Å². The van der Waals surface area contributed by atoms with E-state index in [-0.39, 0.29) is 35.4 Å². The Hall–Kier alpha value is -0.650. The predicted molar refractivity (Wildman–Crippen MR) is 72.9 cm³/mol. The molecule has 0 bridgehead atoms. The summed E-state index contributed by atoms with van der Waals surface area (Å²) in [6, 6.07) is 0.347. The Labute approximate surface area is 115 Å². The summed E-state index contributed by atoms with van der Waals surface area (Å²) in [4.78, 5) is 12.3. The summed E-state index contributed by atoms with van der Waals surface area (Å²) >= 11 is 0. The average Bonchev–Trinajstić information content (AvgIpc) is 2.82. The quantitative estimate of drug-likeness (QED) is 0.765. The molecule has 110 valence electrons. The Morgan fingerprint density at radius 1 is 1.42 bits per heavy atom. The standard InChI is InChI=1S/C14H26N2O3/c1-5-15-10-8-19-7-9(10)13(17)16-11-6-12(18-4)14(11,2)3/h9-12,15H,5-8H2,1-4H3,(H,16,17). The largest absolute Gasteiger partial charge is 0.381 e. The van der Waals surface area contributed by atoms with E-state index >= 15 is 0 Å². The number of carbonyl (C=O) groups is 1. The number of carbonyl (C=O) groups excluding carboxylic acids is 1. The molecule has 4 atom stereocenters. The molecule has 5 heteroatoms. The van der Waals surface area contributed by atoms with Crippen molar-refractivity contribution in [2.75, 3.05) is 26.9 Å². The second kappa shape index (κ2) is 5.77. The fourth-order valence-electron chi connectivity index (χ4n) is 3.09. The van der Waals surface area contributed by atoms with Gasteiger partial charge in [0.2, 0.25) is 5.91 Å². The third-order valence-electron chi connectivity index (χ3n) is 4.66. The first kappa shape index (κ1) is 14.8. The van der Waals surface area contributed by atoms with Gasteiger partial charge in [0, 0.05) is 24.6 Å². The predicted octanol–water partition coefficient (Wildman–Crippen LogP) is 0.541. The molecule has 2 rings (SSSR count). The summed E-state index contributed by atoms with van der Waals surface area (Å²) in [6.45, 7) is 8.33. The third kappa shape index (κ3) is 2.78. The Balaban J connectivity index is 1.88. The highest BCUT2D eigenvalue weighted by Gasteiger charge is 2.50. The molecule has 1 saturated carbocycles. The molecular weight excluding hydrogens is 244 g/mol. The number of amides is 1. The monoisotopic (exact) mass is 270 g/mol. The molecule has 1 aliphatic heterocycles. The molecule has 0 spiro atoms. The van der Waals surface area contributed by atoms with Crippen LogP contribution < -0.4 is 10.6 Å². The first-order valence-corrected chi connectivity index (χ1v) is 7.15. The molecule has 2 fully saturated rings. The van der Waals surface area contributed by atoms with E-state index in [0.717, 1.165) is 13.0 Å². The van der Waals surface area contributed by atoms with Crippen LogP contribution in [-0.2, 0) is 14.3 Å². The molecule has 19 heavy (non-hydrogen) atoms. The zero-order valence-corrected chi connectivity index (χ0v) is 12.4. The van der Waals surface area contributed by atoms with E-state index in [1.54, 1.807) is 7.11 Å². The fraction of sp³-hybridized carbons (Fsp3) is 0.929. The highest BCUT2D eigenvalue weighted by atomic mass is 16.5. The maximum atomic E-state index is 12.3. The zero-order valence-electron chi connectivity index (χ0n) is 12.4. The zero-order chi connectivity index (χ0) is 14.0. The van der Waals surface area contributed by atoms with Crippen LogP contribution in [0.4, 0.5) is 0 Å². The second-order valence-corrected chi connectivity index (χ2v) is 6.15. The molecule has 1 amide bonds.